The molecular formula is C17H32N2O. The van der Waals surface area contributed by atoms with Crippen LogP contribution in [-0.4, -0.2) is 48.8 Å². The van der Waals surface area contributed by atoms with E-state index in [0.29, 0.717) is 17.7 Å². The summed E-state index contributed by atoms with van der Waals surface area (Å²) in [5.41, 5.74) is 0.296. The highest BCUT2D eigenvalue weighted by atomic mass is 16.5. The van der Waals surface area contributed by atoms with Crippen molar-refractivity contribution in [2.24, 2.45) is 0 Å². The van der Waals surface area contributed by atoms with E-state index in [2.05, 4.69) is 17.1 Å². The van der Waals surface area contributed by atoms with Crippen molar-refractivity contribution in [1.29, 1.82) is 0 Å². The van der Waals surface area contributed by atoms with Gasteiger partial charge in [0.1, 0.15) is 0 Å². The summed E-state index contributed by atoms with van der Waals surface area (Å²) in [5.74, 6) is 0. The second-order valence-electron chi connectivity index (χ2n) is 7.27. The summed E-state index contributed by atoms with van der Waals surface area (Å²) in [4.78, 5) is 2.64. The molecule has 0 amide bonds. The van der Waals surface area contributed by atoms with Crippen LogP contribution in [0.3, 0.4) is 0 Å². The van der Waals surface area contributed by atoms with E-state index < -0.39 is 0 Å². The van der Waals surface area contributed by atoms with E-state index in [1.165, 1.54) is 70.9 Å². The highest BCUT2D eigenvalue weighted by Crippen LogP contribution is 2.43. The average Bonchev–Trinajstić information content (AvgIpc) is 3.10. The van der Waals surface area contributed by atoms with Gasteiger partial charge in [-0.15, -0.1) is 0 Å². The number of ether oxygens (including phenoxy) is 1. The molecule has 1 spiro atoms. The normalized spacial score (nSPS) is 31.9. The number of piperidine rings is 1. The van der Waals surface area contributed by atoms with E-state index >= 15 is 0 Å². The van der Waals surface area contributed by atoms with Gasteiger partial charge in [-0.2, -0.15) is 0 Å². The molecule has 0 radical (unpaired) electrons. The highest BCUT2D eigenvalue weighted by molar-refractivity contribution is 4.93. The Kier molecular flexibility index (Phi) is 5.00. The predicted octanol–water partition coefficient (Wildman–Crippen LogP) is 2.94. The van der Waals surface area contributed by atoms with Gasteiger partial charge in [-0.05, 0) is 58.5 Å². The van der Waals surface area contributed by atoms with Crippen LogP contribution in [0, 0.1) is 0 Å². The molecule has 2 unspecified atom stereocenters. The Morgan fingerprint density at radius 2 is 1.85 bits per heavy atom. The largest absolute Gasteiger partial charge is 0.370 e. The van der Waals surface area contributed by atoms with E-state index in [-0.39, 0.29) is 0 Å². The van der Waals surface area contributed by atoms with E-state index in [0.717, 1.165) is 13.1 Å². The van der Waals surface area contributed by atoms with Gasteiger partial charge in [0.15, 0.2) is 0 Å². The van der Waals surface area contributed by atoms with Gasteiger partial charge in [-0.25, -0.2) is 0 Å². The van der Waals surface area contributed by atoms with Crippen LogP contribution in [0.4, 0.5) is 0 Å². The molecule has 3 rings (SSSR count). The lowest BCUT2D eigenvalue weighted by Gasteiger charge is -2.32. The maximum absolute atomic E-state index is 6.36. The van der Waals surface area contributed by atoms with Crippen LogP contribution in [0.25, 0.3) is 0 Å². The quantitative estimate of drug-likeness (QED) is 0.838. The lowest BCUT2D eigenvalue weighted by Crippen LogP contribution is -2.44. The van der Waals surface area contributed by atoms with Gasteiger partial charge in [0.25, 0.3) is 0 Å². The summed E-state index contributed by atoms with van der Waals surface area (Å²) in [5, 5.41) is 3.66. The first-order valence-corrected chi connectivity index (χ1v) is 8.90. The van der Waals surface area contributed by atoms with Crippen LogP contribution in [0.2, 0.25) is 0 Å². The molecule has 2 atom stereocenters. The van der Waals surface area contributed by atoms with Gasteiger partial charge in [0.2, 0.25) is 0 Å². The minimum atomic E-state index is 0.296. The molecule has 3 aliphatic rings. The lowest BCUT2D eigenvalue weighted by molar-refractivity contribution is -0.0354. The van der Waals surface area contributed by atoms with Crippen molar-refractivity contribution in [2.75, 3.05) is 26.2 Å². The van der Waals surface area contributed by atoms with E-state index in [1.54, 1.807) is 0 Å². The van der Waals surface area contributed by atoms with Crippen molar-refractivity contribution < 1.29 is 4.74 Å². The Bertz CT molecular complexity index is 295. The second kappa shape index (κ2) is 6.76. The first-order valence-electron chi connectivity index (χ1n) is 8.90. The van der Waals surface area contributed by atoms with Gasteiger partial charge >= 0.3 is 0 Å². The fraction of sp³-hybridized carbons (Fsp3) is 1.00. The predicted molar refractivity (Wildman–Crippen MR) is 83.1 cm³/mol. The molecule has 1 aliphatic carbocycles. The SMILES string of the molecule is CC(CNCC1CCC2(CCCC2)O1)N1CCCCC1. The summed E-state index contributed by atoms with van der Waals surface area (Å²) in [6.45, 7) is 7.14. The van der Waals surface area contributed by atoms with E-state index in [4.69, 9.17) is 4.74 Å². The monoisotopic (exact) mass is 280 g/mol. The number of rotatable bonds is 5. The zero-order valence-electron chi connectivity index (χ0n) is 13.2. The standard InChI is InChI=1S/C17H32N2O/c1-15(19-11-5-2-6-12-19)13-18-14-16-7-10-17(20-16)8-3-4-9-17/h15-16,18H,2-14H2,1H3. The Labute approximate surface area is 124 Å². The highest BCUT2D eigenvalue weighted by Gasteiger charge is 2.41. The molecule has 3 nitrogen and oxygen atoms in total. The number of likely N-dealkylation sites (tertiary alicyclic amines) is 1. The summed E-state index contributed by atoms with van der Waals surface area (Å²) in [6.07, 6.45) is 12.6. The Hall–Kier alpha value is -0.120. The van der Waals surface area contributed by atoms with Crippen LogP contribution in [0.15, 0.2) is 0 Å². The molecule has 0 aromatic carbocycles. The van der Waals surface area contributed by atoms with E-state index in [9.17, 15) is 0 Å². The molecule has 0 bridgehead atoms. The van der Waals surface area contributed by atoms with Gasteiger partial charge < -0.3 is 10.1 Å². The third-order valence-corrected chi connectivity index (χ3v) is 5.68. The Balaban J connectivity index is 1.33. The zero-order chi connectivity index (χ0) is 13.8. The van der Waals surface area contributed by atoms with Gasteiger partial charge in [0, 0.05) is 19.1 Å². The van der Waals surface area contributed by atoms with Crippen LogP contribution >= 0.6 is 0 Å². The molecule has 3 heteroatoms. The van der Waals surface area contributed by atoms with Crippen molar-refractivity contribution in [1.82, 2.24) is 10.2 Å². The second-order valence-corrected chi connectivity index (χ2v) is 7.27. The maximum Gasteiger partial charge on any atom is 0.0708 e. The number of hydrogen-bond donors (Lipinski definition) is 1. The molecule has 0 aromatic heterocycles. The molecular weight excluding hydrogens is 248 g/mol. The summed E-state index contributed by atoms with van der Waals surface area (Å²) in [6, 6.07) is 0.678. The third-order valence-electron chi connectivity index (χ3n) is 5.68. The van der Waals surface area contributed by atoms with Crippen molar-refractivity contribution in [3.63, 3.8) is 0 Å². The molecule has 2 saturated heterocycles. The van der Waals surface area contributed by atoms with Crippen LogP contribution < -0.4 is 5.32 Å². The van der Waals surface area contributed by atoms with Crippen LogP contribution in [0.1, 0.15) is 64.7 Å². The van der Waals surface area contributed by atoms with Crippen molar-refractivity contribution in [3.8, 4) is 0 Å². The number of hydrogen-bond acceptors (Lipinski definition) is 3. The van der Waals surface area contributed by atoms with Crippen molar-refractivity contribution in [3.05, 3.63) is 0 Å². The smallest absolute Gasteiger partial charge is 0.0708 e. The lowest BCUT2D eigenvalue weighted by atomic mass is 9.98. The zero-order valence-corrected chi connectivity index (χ0v) is 13.2. The molecule has 2 heterocycles. The first kappa shape index (κ1) is 14.8. The van der Waals surface area contributed by atoms with Gasteiger partial charge in [-0.3, -0.25) is 4.90 Å². The fourth-order valence-corrected chi connectivity index (χ4v) is 4.37. The fourth-order valence-electron chi connectivity index (χ4n) is 4.37. The Morgan fingerprint density at radius 3 is 2.60 bits per heavy atom. The van der Waals surface area contributed by atoms with Crippen LogP contribution in [-0.2, 0) is 4.74 Å². The van der Waals surface area contributed by atoms with Crippen molar-refractivity contribution in [2.45, 2.75) is 82.5 Å². The van der Waals surface area contributed by atoms with Crippen LogP contribution in [0.5, 0.6) is 0 Å². The molecule has 116 valence electrons. The molecule has 3 fully saturated rings. The Morgan fingerprint density at radius 1 is 1.10 bits per heavy atom. The number of nitrogens with zero attached hydrogens (tertiary/aromatic N) is 1. The summed E-state index contributed by atoms with van der Waals surface area (Å²) < 4.78 is 6.36. The average molecular weight is 280 g/mol. The molecule has 0 aromatic rings. The summed E-state index contributed by atoms with van der Waals surface area (Å²) >= 11 is 0. The molecule has 20 heavy (non-hydrogen) atoms. The first-order chi connectivity index (χ1) is 9.77. The van der Waals surface area contributed by atoms with Gasteiger partial charge in [0.05, 0.1) is 11.7 Å². The molecule has 2 aliphatic heterocycles. The molecule has 1 saturated carbocycles. The summed E-state index contributed by atoms with van der Waals surface area (Å²) in [7, 11) is 0. The third kappa shape index (κ3) is 3.55. The number of nitrogens with one attached hydrogen (secondary N) is 1. The van der Waals surface area contributed by atoms with Gasteiger partial charge in [-0.1, -0.05) is 19.3 Å². The molecule has 1 N–H and O–H groups in total. The topological polar surface area (TPSA) is 24.5 Å². The minimum Gasteiger partial charge on any atom is -0.370 e. The van der Waals surface area contributed by atoms with E-state index in [1.807, 2.05) is 0 Å². The minimum absolute atomic E-state index is 0.296. The van der Waals surface area contributed by atoms with Crippen molar-refractivity contribution >= 4 is 0 Å². The maximum atomic E-state index is 6.36.